The Morgan fingerprint density at radius 2 is 1.65 bits per heavy atom. The first-order valence-corrected chi connectivity index (χ1v) is 7.86. The number of anilines is 1. The fourth-order valence-electron chi connectivity index (χ4n) is 2.18. The van der Waals surface area contributed by atoms with Crippen LogP contribution in [0.25, 0.3) is 0 Å². The minimum atomic E-state index is 0.00682. The van der Waals surface area contributed by atoms with Crippen molar-refractivity contribution in [3.8, 4) is 5.75 Å². The van der Waals surface area contributed by atoms with Gasteiger partial charge in [-0.05, 0) is 43.3 Å². The molecule has 0 saturated heterocycles. The van der Waals surface area contributed by atoms with E-state index in [9.17, 15) is 4.79 Å². The Kier molecular flexibility index (Phi) is 6.03. The Balaban J connectivity index is 1.86. The second-order valence-corrected chi connectivity index (χ2v) is 5.45. The number of benzene rings is 2. The van der Waals surface area contributed by atoms with Crippen LogP contribution in [0.1, 0.15) is 17.3 Å². The summed E-state index contributed by atoms with van der Waals surface area (Å²) in [4.78, 5) is 16.2. The number of nitrogens with zero attached hydrogens (tertiary/aromatic N) is 2. The maximum absolute atomic E-state index is 12.4. The summed E-state index contributed by atoms with van der Waals surface area (Å²) in [5.74, 6) is 0.827. The van der Waals surface area contributed by atoms with E-state index in [2.05, 4.69) is 11.8 Å². The molecule has 0 unspecified atom stereocenters. The Morgan fingerprint density at radius 3 is 2.26 bits per heavy atom. The molecule has 0 aliphatic rings. The van der Waals surface area contributed by atoms with Crippen LogP contribution < -0.4 is 9.64 Å². The number of carbonyl (C=O) groups is 1. The maximum Gasteiger partial charge on any atom is 0.253 e. The van der Waals surface area contributed by atoms with Crippen LogP contribution in [0.15, 0.2) is 54.6 Å². The van der Waals surface area contributed by atoms with Gasteiger partial charge >= 0.3 is 0 Å². The molecule has 2 aromatic carbocycles. The van der Waals surface area contributed by atoms with Gasteiger partial charge in [-0.2, -0.15) is 0 Å². The molecule has 23 heavy (non-hydrogen) atoms. The molecule has 1 amide bonds. The molecule has 0 aromatic heterocycles. The van der Waals surface area contributed by atoms with Crippen LogP contribution in [-0.2, 0) is 0 Å². The molecule has 122 valence electrons. The summed E-state index contributed by atoms with van der Waals surface area (Å²) >= 11 is 0. The highest BCUT2D eigenvalue weighted by Gasteiger charge is 2.11. The van der Waals surface area contributed by atoms with Gasteiger partial charge in [0, 0.05) is 31.9 Å². The standard InChI is InChI=1S/C19H24N2O2/c1-4-20(2)17-12-10-16(11-13-17)19(22)21(3)14-15-23-18-8-6-5-7-9-18/h5-13H,4,14-15H2,1-3H3. The van der Waals surface area contributed by atoms with Gasteiger partial charge in [-0.15, -0.1) is 0 Å². The first kappa shape index (κ1) is 16.9. The lowest BCUT2D eigenvalue weighted by atomic mass is 10.1. The van der Waals surface area contributed by atoms with E-state index in [0.717, 1.165) is 18.0 Å². The molecule has 4 heteroatoms. The van der Waals surface area contributed by atoms with E-state index in [0.29, 0.717) is 18.7 Å². The molecule has 2 rings (SSSR count). The zero-order valence-corrected chi connectivity index (χ0v) is 14.0. The summed E-state index contributed by atoms with van der Waals surface area (Å²) in [5, 5.41) is 0. The number of rotatable bonds is 7. The summed E-state index contributed by atoms with van der Waals surface area (Å²) in [6.45, 7) is 4.05. The number of hydrogen-bond acceptors (Lipinski definition) is 3. The van der Waals surface area contributed by atoms with Gasteiger partial charge in [0.25, 0.3) is 5.91 Å². The largest absolute Gasteiger partial charge is 0.492 e. The summed E-state index contributed by atoms with van der Waals surface area (Å²) < 4.78 is 5.63. The lowest BCUT2D eigenvalue weighted by Gasteiger charge is -2.19. The van der Waals surface area contributed by atoms with Gasteiger partial charge in [0.2, 0.25) is 0 Å². The van der Waals surface area contributed by atoms with Crippen LogP contribution in [0.4, 0.5) is 5.69 Å². The third-order valence-corrected chi connectivity index (χ3v) is 3.81. The first-order chi connectivity index (χ1) is 11.1. The molecule has 0 bridgehead atoms. The molecular formula is C19H24N2O2. The van der Waals surface area contributed by atoms with E-state index in [-0.39, 0.29) is 5.91 Å². The van der Waals surface area contributed by atoms with Crippen molar-refractivity contribution in [1.29, 1.82) is 0 Å². The highest BCUT2D eigenvalue weighted by atomic mass is 16.5. The number of carbonyl (C=O) groups excluding carboxylic acids is 1. The smallest absolute Gasteiger partial charge is 0.253 e. The fraction of sp³-hybridized carbons (Fsp3) is 0.316. The van der Waals surface area contributed by atoms with Gasteiger partial charge in [-0.1, -0.05) is 18.2 Å². The second-order valence-electron chi connectivity index (χ2n) is 5.45. The summed E-state index contributed by atoms with van der Waals surface area (Å²) in [7, 11) is 3.83. The third kappa shape index (κ3) is 4.74. The van der Waals surface area contributed by atoms with Gasteiger partial charge < -0.3 is 14.5 Å². The molecular weight excluding hydrogens is 288 g/mol. The van der Waals surface area contributed by atoms with Crippen LogP contribution in [0.2, 0.25) is 0 Å². The predicted octanol–water partition coefficient (Wildman–Crippen LogP) is 3.29. The second kappa shape index (κ2) is 8.22. The Morgan fingerprint density at radius 1 is 1.00 bits per heavy atom. The highest BCUT2D eigenvalue weighted by Crippen LogP contribution is 2.14. The molecule has 0 atom stereocenters. The van der Waals surface area contributed by atoms with Crippen LogP contribution in [0.3, 0.4) is 0 Å². The molecule has 0 aliphatic heterocycles. The van der Waals surface area contributed by atoms with Crippen molar-refractivity contribution in [2.75, 3.05) is 38.7 Å². The molecule has 0 aliphatic carbocycles. The van der Waals surface area contributed by atoms with Crippen LogP contribution in [-0.4, -0.2) is 44.6 Å². The molecule has 2 aromatic rings. The quantitative estimate of drug-likeness (QED) is 0.786. The monoisotopic (exact) mass is 312 g/mol. The van der Waals surface area contributed by atoms with E-state index < -0.39 is 0 Å². The SMILES string of the molecule is CCN(C)c1ccc(C(=O)N(C)CCOc2ccccc2)cc1. The Bertz CT molecular complexity index is 611. The van der Waals surface area contributed by atoms with E-state index in [1.807, 2.05) is 61.6 Å². The van der Waals surface area contributed by atoms with Crippen LogP contribution in [0, 0.1) is 0 Å². The van der Waals surface area contributed by atoms with Crippen molar-refractivity contribution >= 4 is 11.6 Å². The normalized spacial score (nSPS) is 10.2. The number of ether oxygens (including phenoxy) is 1. The van der Waals surface area contributed by atoms with Crippen molar-refractivity contribution < 1.29 is 9.53 Å². The zero-order valence-electron chi connectivity index (χ0n) is 14.0. The minimum absolute atomic E-state index is 0.00682. The van der Waals surface area contributed by atoms with Gasteiger partial charge in [0.05, 0.1) is 6.54 Å². The molecule has 0 fully saturated rings. The first-order valence-electron chi connectivity index (χ1n) is 7.86. The van der Waals surface area contributed by atoms with Crippen molar-refractivity contribution in [1.82, 2.24) is 4.90 Å². The molecule has 0 heterocycles. The average molecular weight is 312 g/mol. The maximum atomic E-state index is 12.4. The van der Waals surface area contributed by atoms with E-state index >= 15 is 0 Å². The van der Waals surface area contributed by atoms with Gasteiger partial charge in [-0.25, -0.2) is 0 Å². The fourth-order valence-corrected chi connectivity index (χ4v) is 2.18. The highest BCUT2D eigenvalue weighted by molar-refractivity contribution is 5.94. The van der Waals surface area contributed by atoms with Crippen molar-refractivity contribution in [2.24, 2.45) is 0 Å². The van der Waals surface area contributed by atoms with Gasteiger partial charge in [0.15, 0.2) is 0 Å². The summed E-state index contributed by atoms with van der Waals surface area (Å²) in [6.07, 6.45) is 0. The van der Waals surface area contributed by atoms with E-state index in [1.165, 1.54) is 0 Å². The third-order valence-electron chi connectivity index (χ3n) is 3.81. The molecule has 0 radical (unpaired) electrons. The van der Waals surface area contributed by atoms with Crippen LogP contribution in [0.5, 0.6) is 5.75 Å². The lowest BCUT2D eigenvalue weighted by Crippen LogP contribution is -2.30. The van der Waals surface area contributed by atoms with Crippen molar-refractivity contribution in [3.05, 3.63) is 60.2 Å². The Labute approximate surface area is 138 Å². The number of likely N-dealkylation sites (N-methyl/N-ethyl adjacent to an activating group) is 1. The summed E-state index contributed by atoms with van der Waals surface area (Å²) in [6, 6.07) is 17.3. The van der Waals surface area contributed by atoms with Gasteiger partial charge in [-0.3, -0.25) is 4.79 Å². The molecule has 0 spiro atoms. The van der Waals surface area contributed by atoms with E-state index in [4.69, 9.17) is 4.74 Å². The Hall–Kier alpha value is -2.49. The van der Waals surface area contributed by atoms with Crippen LogP contribution >= 0.6 is 0 Å². The molecule has 4 nitrogen and oxygen atoms in total. The lowest BCUT2D eigenvalue weighted by molar-refractivity contribution is 0.0774. The number of amides is 1. The van der Waals surface area contributed by atoms with Gasteiger partial charge in [0.1, 0.15) is 12.4 Å². The topological polar surface area (TPSA) is 32.8 Å². The zero-order chi connectivity index (χ0) is 16.7. The average Bonchev–Trinajstić information content (AvgIpc) is 2.61. The predicted molar refractivity (Wildman–Crippen MR) is 94.3 cm³/mol. The molecule has 0 N–H and O–H groups in total. The number of hydrogen-bond donors (Lipinski definition) is 0. The number of para-hydroxylation sites is 1. The molecule has 0 saturated carbocycles. The van der Waals surface area contributed by atoms with E-state index in [1.54, 1.807) is 11.9 Å². The summed E-state index contributed by atoms with van der Waals surface area (Å²) in [5.41, 5.74) is 1.81. The van der Waals surface area contributed by atoms with Crippen molar-refractivity contribution in [3.63, 3.8) is 0 Å². The minimum Gasteiger partial charge on any atom is -0.492 e. The van der Waals surface area contributed by atoms with Crippen molar-refractivity contribution in [2.45, 2.75) is 6.92 Å².